The molecule has 0 saturated carbocycles. The van der Waals surface area contributed by atoms with E-state index in [1.807, 2.05) is 0 Å². The van der Waals surface area contributed by atoms with E-state index < -0.39 is 29.3 Å². The number of hydrogen-bond acceptors (Lipinski definition) is 7. The maximum absolute atomic E-state index is 14.7. The van der Waals surface area contributed by atoms with Crippen LogP contribution in [0.2, 0.25) is 0 Å². The first-order chi connectivity index (χ1) is 18.9. The van der Waals surface area contributed by atoms with Gasteiger partial charge in [0.1, 0.15) is 17.3 Å². The molecule has 0 radical (unpaired) electrons. The first-order valence-electron chi connectivity index (χ1n) is 11.5. The summed E-state index contributed by atoms with van der Waals surface area (Å²) in [6, 6.07) is 7.73. The molecule has 4 N–H and O–H groups in total. The topological polar surface area (TPSA) is 146 Å². The standard InChI is InChI=1S/C25H19F4N9O2/c1-12-3-5-15(11-31-12)38-20(9-19(36-38)25(27,28)29)34-24(40)33-18-8-13(4-6-17(18)26)16-7-14-10-32-23(30)35-21(14)37(2)22(16)39/h3-11H,1-2H3,(H2,30,32,35)(H2,33,34,40). The number of carbonyl (C=O) groups is 1. The Kier molecular flexibility index (Phi) is 6.41. The molecule has 5 rings (SSSR count). The van der Waals surface area contributed by atoms with E-state index in [9.17, 15) is 27.2 Å². The van der Waals surface area contributed by atoms with E-state index in [0.717, 1.165) is 10.7 Å². The van der Waals surface area contributed by atoms with Crippen LogP contribution in [0.3, 0.4) is 0 Å². The van der Waals surface area contributed by atoms with Gasteiger partial charge in [0.05, 0.1) is 17.6 Å². The van der Waals surface area contributed by atoms with Crippen molar-refractivity contribution in [2.75, 3.05) is 16.4 Å². The summed E-state index contributed by atoms with van der Waals surface area (Å²) in [4.78, 5) is 37.8. The minimum atomic E-state index is -4.79. The number of alkyl halides is 3. The number of nitrogens with two attached hydrogens (primary N) is 1. The third kappa shape index (κ3) is 5.03. The molecule has 11 nitrogen and oxygen atoms in total. The van der Waals surface area contributed by atoms with Crippen LogP contribution >= 0.6 is 0 Å². The number of fused-ring (bicyclic) bond motifs is 1. The van der Waals surface area contributed by atoms with Crippen LogP contribution in [0.1, 0.15) is 11.4 Å². The van der Waals surface area contributed by atoms with Crippen LogP contribution < -0.4 is 21.9 Å². The van der Waals surface area contributed by atoms with Crippen molar-refractivity contribution in [1.82, 2.24) is 29.3 Å². The summed E-state index contributed by atoms with van der Waals surface area (Å²) < 4.78 is 56.9. The zero-order valence-electron chi connectivity index (χ0n) is 20.8. The van der Waals surface area contributed by atoms with Crippen molar-refractivity contribution in [2.45, 2.75) is 13.1 Å². The molecule has 40 heavy (non-hydrogen) atoms. The maximum atomic E-state index is 14.7. The number of benzene rings is 1. The van der Waals surface area contributed by atoms with Crippen molar-refractivity contribution in [1.29, 1.82) is 0 Å². The molecule has 4 heterocycles. The number of nitrogens with zero attached hydrogens (tertiary/aromatic N) is 6. The van der Waals surface area contributed by atoms with E-state index in [2.05, 4.69) is 30.7 Å². The Morgan fingerprint density at radius 3 is 2.50 bits per heavy atom. The number of pyridine rings is 2. The monoisotopic (exact) mass is 553 g/mol. The molecular weight excluding hydrogens is 534 g/mol. The van der Waals surface area contributed by atoms with Crippen LogP contribution in [-0.2, 0) is 13.2 Å². The molecule has 0 aliphatic rings. The lowest BCUT2D eigenvalue weighted by Crippen LogP contribution is -2.22. The SMILES string of the molecule is Cc1ccc(-n2nc(C(F)(F)F)cc2NC(=O)Nc2cc(-c3cc4cnc(N)nc4n(C)c3=O)ccc2F)cn1. The number of halogens is 4. The predicted octanol–water partition coefficient (Wildman–Crippen LogP) is 4.27. The van der Waals surface area contributed by atoms with E-state index in [1.54, 1.807) is 13.0 Å². The van der Waals surface area contributed by atoms with Crippen molar-refractivity contribution in [3.63, 3.8) is 0 Å². The van der Waals surface area contributed by atoms with Crippen molar-refractivity contribution in [2.24, 2.45) is 7.05 Å². The van der Waals surface area contributed by atoms with E-state index in [1.165, 1.54) is 48.3 Å². The molecule has 1 aromatic carbocycles. The van der Waals surface area contributed by atoms with Crippen molar-refractivity contribution in [3.05, 3.63) is 82.4 Å². The van der Waals surface area contributed by atoms with Gasteiger partial charge in [-0.05, 0) is 42.8 Å². The molecule has 15 heteroatoms. The average Bonchev–Trinajstić information content (AvgIpc) is 3.32. The molecule has 0 aliphatic carbocycles. The Hall–Kier alpha value is -5.34. The number of nitrogens with one attached hydrogen (secondary N) is 2. The maximum Gasteiger partial charge on any atom is 0.435 e. The molecule has 2 amide bonds. The first kappa shape index (κ1) is 26.3. The zero-order chi connectivity index (χ0) is 28.8. The molecule has 4 aromatic heterocycles. The Bertz CT molecular complexity index is 1830. The van der Waals surface area contributed by atoms with Crippen molar-refractivity contribution < 1.29 is 22.4 Å². The molecular formula is C25H19F4N9O2. The normalized spacial score (nSPS) is 11.6. The largest absolute Gasteiger partial charge is 0.435 e. The molecule has 0 saturated heterocycles. The van der Waals surface area contributed by atoms with Crippen molar-refractivity contribution in [3.8, 4) is 16.8 Å². The number of urea groups is 1. The van der Waals surface area contributed by atoms with Gasteiger partial charge in [-0.15, -0.1) is 0 Å². The molecule has 0 unspecified atom stereocenters. The van der Waals surface area contributed by atoms with E-state index in [-0.39, 0.29) is 34.3 Å². The van der Waals surface area contributed by atoms with Gasteiger partial charge in [0, 0.05) is 36.0 Å². The predicted molar refractivity (Wildman–Crippen MR) is 138 cm³/mol. The summed E-state index contributed by atoms with van der Waals surface area (Å²) >= 11 is 0. The number of rotatable bonds is 4. The second-order valence-electron chi connectivity index (χ2n) is 8.69. The van der Waals surface area contributed by atoms with Gasteiger partial charge in [-0.25, -0.2) is 18.9 Å². The summed E-state index contributed by atoms with van der Waals surface area (Å²) in [5.41, 5.74) is 5.04. The van der Waals surface area contributed by atoms with Crippen molar-refractivity contribution >= 4 is 34.5 Å². The number of anilines is 3. The van der Waals surface area contributed by atoms with Crippen LogP contribution in [-0.4, -0.2) is 35.3 Å². The highest BCUT2D eigenvalue weighted by atomic mass is 19.4. The van der Waals surface area contributed by atoms with Crippen LogP contribution in [0.5, 0.6) is 0 Å². The average molecular weight is 553 g/mol. The van der Waals surface area contributed by atoms with Gasteiger partial charge in [-0.3, -0.25) is 19.7 Å². The molecule has 0 bridgehead atoms. The number of amides is 2. The van der Waals surface area contributed by atoms with Gasteiger partial charge in [0.2, 0.25) is 5.95 Å². The van der Waals surface area contributed by atoms with Gasteiger partial charge >= 0.3 is 12.2 Å². The molecule has 204 valence electrons. The Morgan fingerprint density at radius 1 is 1.02 bits per heavy atom. The first-order valence-corrected chi connectivity index (χ1v) is 11.5. The summed E-state index contributed by atoms with van der Waals surface area (Å²) in [5.74, 6) is -1.20. The summed E-state index contributed by atoms with van der Waals surface area (Å²) in [6.07, 6.45) is -2.07. The Morgan fingerprint density at radius 2 is 1.80 bits per heavy atom. The number of nitrogen functional groups attached to an aromatic ring is 1. The third-order valence-corrected chi connectivity index (χ3v) is 5.87. The molecule has 0 atom stereocenters. The lowest BCUT2D eigenvalue weighted by molar-refractivity contribution is -0.141. The van der Waals surface area contributed by atoms with E-state index in [0.29, 0.717) is 22.8 Å². The molecule has 0 spiro atoms. The van der Waals surface area contributed by atoms with Gasteiger partial charge in [0.25, 0.3) is 5.56 Å². The lowest BCUT2D eigenvalue weighted by Gasteiger charge is -2.12. The third-order valence-electron chi connectivity index (χ3n) is 5.87. The van der Waals surface area contributed by atoms with Crippen LogP contribution in [0.15, 0.2) is 59.7 Å². The summed E-state index contributed by atoms with van der Waals surface area (Å²) in [7, 11) is 1.48. The number of hydrogen-bond donors (Lipinski definition) is 3. The van der Waals surface area contributed by atoms with E-state index >= 15 is 0 Å². The fourth-order valence-electron chi connectivity index (χ4n) is 3.92. The fourth-order valence-corrected chi connectivity index (χ4v) is 3.92. The smallest absolute Gasteiger partial charge is 0.368 e. The van der Waals surface area contributed by atoms with Crippen LogP contribution in [0.4, 0.5) is 39.8 Å². The van der Waals surface area contributed by atoms with E-state index in [4.69, 9.17) is 5.73 Å². The highest BCUT2D eigenvalue weighted by Crippen LogP contribution is 2.31. The number of carbonyl (C=O) groups excluding carboxylic acids is 1. The Balaban J connectivity index is 1.46. The van der Waals surface area contributed by atoms with Crippen LogP contribution in [0, 0.1) is 12.7 Å². The zero-order valence-corrected chi connectivity index (χ0v) is 20.8. The lowest BCUT2D eigenvalue weighted by atomic mass is 10.1. The summed E-state index contributed by atoms with van der Waals surface area (Å²) in [5, 5.41) is 8.56. The molecule has 0 fully saturated rings. The highest BCUT2D eigenvalue weighted by molar-refractivity contribution is 6.00. The second-order valence-corrected chi connectivity index (χ2v) is 8.69. The minimum Gasteiger partial charge on any atom is -0.368 e. The van der Waals surface area contributed by atoms with Gasteiger partial charge in [0.15, 0.2) is 5.69 Å². The molecule has 0 aliphatic heterocycles. The van der Waals surface area contributed by atoms with Gasteiger partial charge in [-0.2, -0.15) is 23.3 Å². The van der Waals surface area contributed by atoms with Gasteiger partial charge < -0.3 is 11.1 Å². The summed E-state index contributed by atoms with van der Waals surface area (Å²) in [6.45, 7) is 1.70. The Labute approximate surface area is 222 Å². The number of aryl methyl sites for hydroxylation is 2. The van der Waals surface area contributed by atoms with Gasteiger partial charge in [-0.1, -0.05) is 6.07 Å². The highest BCUT2D eigenvalue weighted by Gasteiger charge is 2.35. The minimum absolute atomic E-state index is 0.0168. The second kappa shape index (κ2) is 9.76. The van der Waals surface area contributed by atoms with Crippen LogP contribution in [0.25, 0.3) is 27.8 Å². The molecule has 5 aromatic rings. The quantitative estimate of drug-likeness (QED) is 0.282. The fraction of sp³-hybridized carbons (Fsp3) is 0.120. The number of aromatic nitrogens is 6.